The third kappa shape index (κ3) is 65.2. The van der Waals surface area contributed by atoms with Gasteiger partial charge in [-0.3, -0.25) is 18.6 Å². The van der Waals surface area contributed by atoms with Crippen LogP contribution in [0.2, 0.25) is 0 Å². The molecule has 0 aliphatic heterocycles. The topological polar surface area (TPSA) is 111 Å². The van der Waals surface area contributed by atoms with Crippen LogP contribution in [0.15, 0.2) is 97.2 Å². The highest BCUT2D eigenvalue weighted by molar-refractivity contribution is 7.47. The van der Waals surface area contributed by atoms with E-state index in [-0.39, 0.29) is 31.5 Å². The van der Waals surface area contributed by atoms with Crippen LogP contribution in [0.25, 0.3) is 0 Å². The highest BCUT2D eigenvalue weighted by Gasteiger charge is 2.30. The van der Waals surface area contributed by atoms with E-state index in [1.54, 1.807) is 0 Å². The van der Waals surface area contributed by atoms with Crippen molar-refractivity contribution in [2.45, 2.75) is 328 Å². The zero-order chi connectivity index (χ0) is 62.1. The van der Waals surface area contributed by atoms with Crippen molar-refractivity contribution in [1.82, 2.24) is 5.32 Å². The van der Waals surface area contributed by atoms with Crippen molar-refractivity contribution in [3.8, 4) is 0 Å². The maximum absolute atomic E-state index is 13.6. The predicted molar refractivity (Wildman–Crippen MR) is 369 cm³/mol. The number of ether oxygens (including phenoxy) is 1. The number of nitrogens with zero attached hydrogens (tertiary/aromatic N) is 1. The molecule has 0 aliphatic rings. The Morgan fingerprint density at radius 1 is 0.412 bits per heavy atom. The van der Waals surface area contributed by atoms with Gasteiger partial charge in [0.05, 0.1) is 33.8 Å². The van der Waals surface area contributed by atoms with E-state index in [9.17, 15) is 19.0 Å². The maximum atomic E-state index is 13.6. The van der Waals surface area contributed by atoms with Crippen molar-refractivity contribution in [3.05, 3.63) is 97.2 Å². The minimum absolute atomic E-state index is 0.0330. The second kappa shape index (κ2) is 63.9. The fraction of sp³-hybridized carbons (Fsp3) is 0.760. The molecule has 10 heteroatoms. The van der Waals surface area contributed by atoms with Crippen molar-refractivity contribution < 1.29 is 37.3 Å². The quantitative estimate of drug-likeness (QED) is 0.0205. The number of carbonyl (C=O) groups excluding carboxylic acids is 2. The molecular formula is C75H136N2O7P+. The molecule has 0 aromatic heterocycles. The van der Waals surface area contributed by atoms with Gasteiger partial charge < -0.3 is 19.4 Å². The summed E-state index contributed by atoms with van der Waals surface area (Å²) in [5.74, 6) is -0.524. The standard InChI is InChI=1S/C75H135N2O7P/c1-7-10-13-16-19-22-25-28-30-32-34-36-37-38-39-41-42-44-46-49-52-55-58-61-64-67-74(78)76-72(71-83-85(80,81)82-70-69-77(4,5)6)73(66-63-60-57-54-51-48-27-24-21-18-15-12-9-3)84-75(79)68-65-62-59-56-53-50-47-45-43-40-35-33-31-29-26-23-20-17-14-11-8-2/h19-20,22-23,28-31,34-36,40,45,47,63,66,72-73H,7-18,21,24-27,32-33,37-39,41-44,46,48-62,64-65,67-71H2,1-6H3,(H-,76,78,80,81)/p+1/b22-19-,23-20-,30-28-,31-29-,36-34-,40-35-,47-45-,66-63-. The molecule has 0 saturated heterocycles. The van der Waals surface area contributed by atoms with Crippen molar-refractivity contribution in [2.75, 3.05) is 40.9 Å². The number of allylic oxidation sites excluding steroid dienone is 15. The lowest BCUT2D eigenvalue weighted by atomic mass is 10.0. The summed E-state index contributed by atoms with van der Waals surface area (Å²) in [4.78, 5) is 37.9. The van der Waals surface area contributed by atoms with Gasteiger partial charge >= 0.3 is 13.8 Å². The number of likely N-dealkylation sites (N-methyl/N-ethyl adjacent to an activating group) is 1. The van der Waals surface area contributed by atoms with Crippen LogP contribution >= 0.6 is 7.82 Å². The first-order valence-corrected chi connectivity index (χ1v) is 37.1. The molecule has 0 fully saturated rings. The molecule has 0 aromatic carbocycles. The van der Waals surface area contributed by atoms with Gasteiger partial charge in [0.15, 0.2) is 0 Å². The van der Waals surface area contributed by atoms with Gasteiger partial charge in [-0.2, -0.15) is 0 Å². The third-order valence-electron chi connectivity index (χ3n) is 15.5. The molecule has 0 saturated carbocycles. The summed E-state index contributed by atoms with van der Waals surface area (Å²) in [6.07, 6.45) is 86.9. The number of esters is 1. The summed E-state index contributed by atoms with van der Waals surface area (Å²) in [5.41, 5.74) is 0. The maximum Gasteiger partial charge on any atom is 0.472 e. The van der Waals surface area contributed by atoms with Crippen LogP contribution in [-0.4, -0.2) is 74.3 Å². The van der Waals surface area contributed by atoms with E-state index in [0.717, 1.165) is 103 Å². The highest BCUT2D eigenvalue weighted by atomic mass is 31.2. The molecule has 2 N–H and O–H groups in total. The lowest BCUT2D eigenvalue weighted by Gasteiger charge is -2.27. The zero-order valence-electron chi connectivity index (χ0n) is 56.3. The number of phosphoric acid groups is 1. The number of unbranched alkanes of at least 4 members (excludes halogenated alkanes) is 34. The Balaban J connectivity index is 5.16. The van der Waals surface area contributed by atoms with Crippen LogP contribution < -0.4 is 5.32 Å². The van der Waals surface area contributed by atoms with Gasteiger partial charge in [-0.15, -0.1) is 0 Å². The summed E-state index contributed by atoms with van der Waals surface area (Å²) < 4.78 is 30.8. The van der Waals surface area contributed by atoms with Gasteiger partial charge in [0.25, 0.3) is 0 Å². The van der Waals surface area contributed by atoms with Crippen LogP contribution in [0.5, 0.6) is 0 Å². The smallest absolute Gasteiger partial charge is 0.456 e. The Labute approximate surface area is 526 Å². The first kappa shape index (κ1) is 81.9. The average Bonchev–Trinajstić information content (AvgIpc) is 3.48. The Bertz CT molecular complexity index is 1780. The van der Waals surface area contributed by atoms with E-state index in [0.29, 0.717) is 23.9 Å². The number of quaternary nitrogens is 1. The summed E-state index contributed by atoms with van der Waals surface area (Å²) in [6.45, 7) is 6.97. The van der Waals surface area contributed by atoms with E-state index < -0.39 is 20.0 Å². The van der Waals surface area contributed by atoms with Gasteiger partial charge in [-0.25, -0.2) is 4.57 Å². The summed E-state index contributed by atoms with van der Waals surface area (Å²) >= 11 is 0. The Morgan fingerprint density at radius 3 is 1.09 bits per heavy atom. The number of phosphoric ester groups is 1. The van der Waals surface area contributed by atoms with E-state index >= 15 is 0 Å². The third-order valence-corrected chi connectivity index (χ3v) is 16.5. The summed E-state index contributed by atoms with van der Waals surface area (Å²) in [5, 5.41) is 3.07. The minimum Gasteiger partial charge on any atom is -0.456 e. The number of carbonyl (C=O) groups is 2. The van der Waals surface area contributed by atoms with Gasteiger partial charge in [-0.05, 0) is 115 Å². The summed E-state index contributed by atoms with van der Waals surface area (Å²) in [6, 6.07) is -0.864. The van der Waals surface area contributed by atoms with Gasteiger partial charge in [-0.1, -0.05) is 285 Å². The van der Waals surface area contributed by atoms with Crippen molar-refractivity contribution in [1.29, 1.82) is 0 Å². The lowest BCUT2D eigenvalue weighted by Crippen LogP contribution is -2.47. The van der Waals surface area contributed by atoms with Crippen molar-refractivity contribution in [3.63, 3.8) is 0 Å². The van der Waals surface area contributed by atoms with Gasteiger partial charge in [0.1, 0.15) is 19.3 Å². The molecule has 9 nitrogen and oxygen atoms in total. The van der Waals surface area contributed by atoms with Crippen LogP contribution in [-0.2, 0) is 27.9 Å². The fourth-order valence-corrected chi connectivity index (χ4v) is 10.7. The molecular weight excluding hydrogens is 1070 g/mol. The van der Waals surface area contributed by atoms with Crippen LogP contribution in [0, 0.1) is 0 Å². The molecule has 0 rings (SSSR count). The molecule has 0 heterocycles. The zero-order valence-corrected chi connectivity index (χ0v) is 57.2. The molecule has 3 atom stereocenters. The van der Waals surface area contributed by atoms with Gasteiger partial charge in [0, 0.05) is 12.8 Å². The number of hydrogen-bond donors (Lipinski definition) is 2. The molecule has 3 unspecified atom stereocenters. The van der Waals surface area contributed by atoms with E-state index in [1.165, 1.54) is 173 Å². The van der Waals surface area contributed by atoms with E-state index in [1.807, 2.05) is 33.3 Å². The molecule has 0 radical (unpaired) electrons. The largest absolute Gasteiger partial charge is 0.472 e. The molecule has 492 valence electrons. The second-order valence-corrected chi connectivity index (χ2v) is 26.5. The SMILES string of the molecule is CCCCC/C=C\C/C=C\C/C=C\C/C=C\CCCCCCCC(=O)OC(/C=C\CCCCCCCCCCCCC)C(COP(=O)(O)OCC[N+](C)(C)C)NC(=O)CCCCCCCCCCCCCC/C=C\C/C=C\C/C=C\CCCCC. The number of rotatable bonds is 64. The fourth-order valence-electron chi connectivity index (χ4n) is 9.99. The second-order valence-electron chi connectivity index (χ2n) is 25.0. The summed E-state index contributed by atoms with van der Waals surface area (Å²) in [7, 11) is 1.48. The molecule has 0 aromatic rings. The first-order valence-electron chi connectivity index (χ1n) is 35.6. The van der Waals surface area contributed by atoms with Crippen molar-refractivity contribution in [2.24, 2.45) is 0 Å². The van der Waals surface area contributed by atoms with E-state index in [4.69, 9.17) is 13.8 Å². The Morgan fingerprint density at radius 2 is 0.718 bits per heavy atom. The molecule has 0 aliphatic carbocycles. The monoisotopic (exact) mass is 1210 g/mol. The number of hydrogen-bond acceptors (Lipinski definition) is 6. The first-order chi connectivity index (χ1) is 41.4. The lowest BCUT2D eigenvalue weighted by molar-refractivity contribution is -0.870. The van der Waals surface area contributed by atoms with Gasteiger partial charge in [0.2, 0.25) is 5.91 Å². The average molecular weight is 1210 g/mol. The predicted octanol–water partition coefficient (Wildman–Crippen LogP) is 22.7. The van der Waals surface area contributed by atoms with E-state index in [2.05, 4.69) is 111 Å². The van der Waals surface area contributed by atoms with Crippen molar-refractivity contribution >= 4 is 19.7 Å². The molecule has 85 heavy (non-hydrogen) atoms. The van der Waals surface area contributed by atoms with Crippen LogP contribution in [0.1, 0.15) is 316 Å². The number of amides is 1. The molecule has 1 amide bonds. The molecule has 0 spiro atoms. The highest BCUT2D eigenvalue weighted by Crippen LogP contribution is 2.43. The van der Waals surface area contributed by atoms with Crippen LogP contribution in [0.4, 0.5) is 0 Å². The normalized spacial score (nSPS) is 14.1. The molecule has 0 bridgehead atoms. The van der Waals surface area contributed by atoms with Crippen LogP contribution in [0.3, 0.4) is 0 Å². The number of nitrogens with one attached hydrogen (secondary N) is 1. The minimum atomic E-state index is -4.47. The Kier molecular flexibility index (Phi) is 61.6. The Hall–Kier alpha value is -3.07.